The number of hydrogen-bond acceptors (Lipinski definition) is 7. The Morgan fingerprint density at radius 3 is 2.41 bits per heavy atom. The second-order valence-electron chi connectivity index (χ2n) is 8.65. The molecule has 0 saturated heterocycles. The number of thioether (sulfide) groups is 1. The summed E-state index contributed by atoms with van der Waals surface area (Å²) in [5.41, 5.74) is 3.04. The molecule has 1 aromatic heterocycles. The van der Waals surface area contributed by atoms with Gasteiger partial charge < -0.3 is 20.1 Å². The van der Waals surface area contributed by atoms with Crippen LogP contribution in [0.2, 0.25) is 5.02 Å². The highest BCUT2D eigenvalue weighted by Crippen LogP contribution is 2.32. The van der Waals surface area contributed by atoms with Gasteiger partial charge in [0.1, 0.15) is 0 Å². The van der Waals surface area contributed by atoms with Crippen molar-refractivity contribution in [3.8, 4) is 22.6 Å². The lowest BCUT2D eigenvalue weighted by atomic mass is 10.1. The highest BCUT2D eigenvalue weighted by atomic mass is 35.5. The summed E-state index contributed by atoms with van der Waals surface area (Å²) in [6, 6.07) is 14.1. The maximum Gasteiger partial charge on any atom is 0.230 e. The number of ether oxygens (including phenoxy) is 2. The highest BCUT2D eigenvalue weighted by Gasteiger charge is 2.28. The molecule has 0 bridgehead atoms. The molecule has 1 amide bonds. The van der Waals surface area contributed by atoms with E-state index in [9.17, 15) is 4.79 Å². The van der Waals surface area contributed by atoms with Gasteiger partial charge in [0.25, 0.3) is 0 Å². The Bertz CT molecular complexity index is 1150. The number of aromatic nitrogens is 2. The van der Waals surface area contributed by atoms with E-state index in [4.69, 9.17) is 21.1 Å². The number of methoxy groups -OCH3 is 2. The summed E-state index contributed by atoms with van der Waals surface area (Å²) in [5, 5.41) is 8.13. The number of amides is 1. The van der Waals surface area contributed by atoms with Crippen molar-refractivity contribution in [2.75, 3.05) is 26.5 Å². The van der Waals surface area contributed by atoms with E-state index in [1.54, 1.807) is 26.6 Å². The molecule has 7 nitrogen and oxygen atoms in total. The first kappa shape index (κ1) is 29.0. The molecule has 2 atom stereocenters. The van der Waals surface area contributed by atoms with Crippen LogP contribution in [0.3, 0.4) is 0 Å². The average molecular weight is 564 g/mol. The van der Waals surface area contributed by atoms with Crippen LogP contribution < -0.4 is 20.1 Å². The summed E-state index contributed by atoms with van der Waals surface area (Å²) in [4.78, 5) is 21.5. The predicted molar refractivity (Wildman–Crippen MR) is 151 cm³/mol. The molecule has 198 valence electrons. The molecule has 2 aromatic carbocycles. The summed E-state index contributed by atoms with van der Waals surface area (Å²) in [5.74, 6) is 1.60. The third kappa shape index (κ3) is 8.23. The summed E-state index contributed by atoms with van der Waals surface area (Å²) in [6.45, 7) is 0.869. The van der Waals surface area contributed by atoms with Gasteiger partial charge in [0.15, 0.2) is 16.7 Å². The lowest BCUT2D eigenvalue weighted by molar-refractivity contribution is -0.119. The first-order valence-corrected chi connectivity index (χ1v) is 13.4. The van der Waals surface area contributed by atoms with Crippen LogP contribution in [-0.2, 0) is 11.2 Å². The van der Waals surface area contributed by atoms with Crippen LogP contribution in [0.15, 0.2) is 60.0 Å². The highest BCUT2D eigenvalue weighted by molar-refractivity contribution is 7.99. The van der Waals surface area contributed by atoms with Crippen LogP contribution in [0.25, 0.3) is 11.1 Å². The summed E-state index contributed by atoms with van der Waals surface area (Å²) in [6.07, 6.45) is 7.61. The maximum atomic E-state index is 12.6. The number of nitrogens with zero attached hydrogens (tertiary/aromatic N) is 2. The molecular formula is C27H32Cl2N4O3S. The zero-order valence-electron chi connectivity index (χ0n) is 20.9. The van der Waals surface area contributed by atoms with Crippen molar-refractivity contribution in [2.45, 2.75) is 42.9 Å². The minimum absolute atomic E-state index is 0. The Hall–Kier alpha value is -2.52. The Morgan fingerprint density at radius 2 is 1.70 bits per heavy atom. The van der Waals surface area contributed by atoms with Gasteiger partial charge in [-0.05, 0) is 67.6 Å². The predicted octanol–water partition coefficient (Wildman–Crippen LogP) is 5.20. The standard InChI is InChI=1S/C27H31ClN4O3S.ClH/c1-34-24-11-8-19(14-25(24)35-2)20-15-30-27(31-16-20)36-17-26(33)32-23-5-3-4-22(23)29-13-12-18-6-9-21(28)10-7-18;/h6-11,14-16,22-23,29H,3-5,12-13,17H2,1-2H3,(H,32,33);1H/t22-,23-;/m1./s1. The van der Waals surface area contributed by atoms with E-state index in [1.165, 1.54) is 17.3 Å². The zero-order chi connectivity index (χ0) is 25.3. The molecule has 4 rings (SSSR count). The van der Waals surface area contributed by atoms with E-state index < -0.39 is 0 Å². The molecule has 1 aliphatic rings. The first-order chi connectivity index (χ1) is 17.6. The van der Waals surface area contributed by atoms with Crippen molar-refractivity contribution in [1.29, 1.82) is 0 Å². The van der Waals surface area contributed by atoms with Gasteiger partial charge in [-0.2, -0.15) is 0 Å². The first-order valence-electron chi connectivity index (χ1n) is 12.0. The van der Waals surface area contributed by atoms with E-state index in [0.717, 1.165) is 48.4 Å². The summed E-state index contributed by atoms with van der Waals surface area (Å²) in [7, 11) is 3.21. The fourth-order valence-corrected chi connectivity index (χ4v) is 5.09. The molecule has 0 radical (unpaired) electrons. The Kier molecular flexibility index (Phi) is 11.3. The Labute approximate surface area is 233 Å². The third-order valence-corrected chi connectivity index (χ3v) is 7.40. The van der Waals surface area contributed by atoms with E-state index in [2.05, 4.69) is 32.7 Å². The van der Waals surface area contributed by atoms with Crippen molar-refractivity contribution >= 4 is 41.7 Å². The van der Waals surface area contributed by atoms with Gasteiger partial charge >= 0.3 is 0 Å². The van der Waals surface area contributed by atoms with Gasteiger partial charge in [0, 0.05) is 35.1 Å². The second-order valence-corrected chi connectivity index (χ2v) is 10.0. The zero-order valence-corrected chi connectivity index (χ0v) is 23.3. The molecule has 1 fully saturated rings. The lowest BCUT2D eigenvalue weighted by Crippen LogP contribution is -2.47. The van der Waals surface area contributed by atoms with Crippen molar-refractivity contribution in [2.24, 2.45) is 0 Å². The van der Waals surface area contributed by atoms with Gasteiger partial charge in [-0.25, -0.2) is 9.97 Å². The fourth-order valence-electron chi connectivity index (χ4n) is 4.36. The van der Waals surface area contributed by atoms with Crippen LogP contribution in [-0.4, -0.2) is 54.5 Å². The molecule has 1 heterocycles. The topological polar surface area (TPSA) is 85.4 Å². The fraction of sp³-hybridized carbons (Fsp3) is 0.370. The molecule has 0 unspecified atom stereocenters. The van der Waals surface area contributed by atoms with Crippen molar-refractivity contribution in [3.63, 3.8) is 0 Å². The third-order valence-electron chi connectivity index (χ3n) is 6.27. The largest absolute Gasteiger partial charge is 0.493 e. The summed E-state index contributed by atoms with van der Waals surface area (Å²) < 4.78 is 10.7. The van der Waals surface area contributed by atoms with Crippen LogP contribution in [0.4, 0.5) is 0 Å². The van der Waals surface area contributed by atoms with Crippen molar-refractivity contribution < 1.29 is 14.3 Å². The maximum absolute atomic E-state index is 12.6. The van der Waals surface area contributed by atoms with Gasteiger partial charge in [-0.3, -0.25) is 4.79 Å². The Morgan fingerprint density at radius 1 is 1.00 bits per heavy atom. The van der Waals surface area contributed by atoms with Gasteiger partial charge in [-0.1, -0.05) is 41.6 Å². The number of hydrogen-bond donors (Lipinski definition) is 2. The minimum atomic E-state index is 0. The Balaban J connectivity index is 0.00000380. The molecule has 10 heteroatoms. The van der Waals surface area contributed by atoms with E-state index >= 15 is 0 Å². The molecule has 3 aromatic rings. The monoisotopic (exact) mass is 562 g/mol. The minimum Gasteiger partial charge on any atom is -0.493 e. The molecule has 0 aliphatic heterocycles. The SMILES string of the molecule is COc1ccc(-c2cnc(SCC(=O)N[C@@H]3CCC[C@H]3NCCc3ccc(Cl)cc3)nc2)cc1OC.Cl. The average Bonchev–Trinajstić information content (AvgIpc) is 3.35. The van der Waals surface area contributed by atoms with E-state index in [-0.39, 0.29) is 30.1 Å². The number of carbonyl (C=O) groups is 1. The van der Waals surface area contributed by atoms with Crippen LogP contribution >= 0.6 is 35.8 Å². The molecule has 0 spiro atoms. The lowest BCUT2D eigenvalue weighted by Gasteiger charge is -2.22. The van der Waals surface area contributed by atoms with Gasteiger partial charge in [0.2, 0.25) is 5.91 Å². The van der Waals surface area contributed by atoms with E-state index in [0.29, 0.717) is 22.7 Å². The molecule has 37 heavy (non-hydrogen) atoms. The molecule has 2 N–H and O–H groups in total. The van der Waals surface area contributed by atoms with Crippen molar-refractivity contribution in [1.82, 2.24) is 20.6 Å². The van der Waals surface area contributed by atoms with Crippen LogP contribution in [0.1, 0.15) is 24.8 Å². The molecule has 1 aliphatic carbocycles. The smallest absolute Gasteiger partial charge is 0.230 e. The number of halogens is 2. The van der Waals surface area contributed by atoms with Gasteiger partial charge in [0.05, 0.1) is 20.0 Å². The van der Waals surface area contributed by atoms with Crippen molar-refractivity contribution in [3.05, 3.63) is 65.4 Å². The number of carbonyl (C=O) groups excluding carboxylic acids is 1. The van der Waals surface area contributed by atoms with Gasteiger partial charge in [-0.15, -0.1) is 12.4 Å². The summed E-state index contributed by atoms with van der Waals surface area (Å²) >= 11 is 7.30. The quantitative estimate of drug-likeness (QED) is 0.245. The molecular weight excluding hydrogens is 531 g/mol. The van der Waals surface area contributed by atoms with Crippen LogP contribution in [0.5, 0.6) is 11.5 Å². The number of rotatable bonds is 11. The van der Waals surface area contributed by atoms with E-state index in [1.807, 2.05) is 30.3 Å². The number of benzene rings is 2. The molecule has 1 saturated carbocycles. The van der Waals surface area contributed by atoms with Crippen LogP contribution in [0, 0.1) is 0 Å². The second kappa shape index (κ2) is 14.4. The number of nitrogens with one attached hydrogen (secondary N) is 2. The normalized spacial score (nSPS) is 16.6.